The van der Waals surface area contributed by atoms with Crippen LogP contribution >= 0.6 is 0 Å². The SMILES string of the molecule is Cc1cccc(-c2ccc(C(=O)O)cn2)c1F. The topological polar surface area (TPSA) is 50.2 Å². The van der Waals surface area contributed by atoms with Crippen molar-refractivity contribution in [3.8, 4) is 11.3 Å². The van der Waals surface area contributed by atoms with Gasteiger partial charge in [-0.15, -0.1) is 0 Å². The van der Waals surface area contributed by atoms with E-state index in [1.165, 1.54) is 18.3 Å². The molecular formula is C13H10FNO2. The van der Waals surface area contributed by atoms with Crippen LogP contribution in [0.1, 0.15) is 15.9 Å². The second-order valence-corrected chi connectivity index (χ2v) is 3.67. The van der Waals surface area contributed by atoms with E-state index in [4.69, 9.17) is 5.11 Å². The summed E-state index contributed by atoms with van der Waals surface area (Å²) in [7, 11) is 0. The molecule has 2 rings (SSSR count). The number of nitrogens with zero attached hydrogens (tertiary/aromatic N) is 1. The van der Waals surface area contributed by atoms with Gasteiger partial charge in [0.2, 0.25) is 0 Å². The highest BCUT2D eigenvalue weighted by molar-refractivity contribution is 5.87. The van der Waals surface area contributed by atoms with Crippen LogP contribution in [0.3, 0.4) is 0 Å². The highest BCUT2D eigenvalue weighted by Crippen LogP contribution is 2.22. The van der Waals surface area contributed by atoms with E-state index in [2.05, 4.69) is 4.98 Å². The Morgan fingerprint density at radius 3 is 2.65 bits per heavy atom. The molecule has 0 bridgehead atoms. The minimum Gasteiger partial charge on any atom is -0.478 e. The van der Waals surface area contributed by atoms with E-state index in [-0.39, 0.29) is 11.4 Å². The van der Waals surface area contributed by atoms with E-state index in [9.17, 15) is 9.18 Å². The van der Waals surface area contributed by atoms with E-state index in [1.807, 2.05) is 0 Å². The van der Waals surface area contributed by atoms with Gasteiger partial charge in [0.15, 0.2) is 0 Å². The number of carboxylic acids is 1. The fourth-order valence-electron chi connectivity index (χ4n) is 1.52. The fraction of sp³-hybridized carbons (Fsp3) is 0.0769. The molecule has 86 valence electrons. The molecule has 0 unspecified atom stereocenters. The summed E-state index contributed by atoms with van der Waals surface area (Å²) in [4.78, 5) is 14.6. The molecule has 0 aliphatic carbocycles. The standard InChI is InChI=1S/C13H10FNO2/c1-8-3-2-4-10(12(8)14)11-6-5-9(7-15-11)13(16)17/h2-7H,1H3,(H,16,17). The molecule has 1 N–H and O–H groups in total. The lowest BCUT2D eigenvalue weighted by atomic mass is 10.1. The number of carboxylic acid groups (broad SMARTS) is 1. The van der Waals surface area contributed by atoms with Crippen molar-refractivity contribution in [1.82, 2.24) is 4.98 Å². The number of carbonyl (C=O) groups is 1. The van der Waals surface area contributed by atoms with Crippen LogP contribution in [0.25, 0.3) is 11.3 Å². The largest absolute Gasteiger partial charge is 0.478 e. The molecule has 0 saturated heterocycles. The molecule has 0 aliphatic heterocycles. The van der Waals surface area contributed by atoms with Gasteiger partial charge in [-0.2, -0.15) is 0 Å². The van der Waals surface area contributed by atoms with Gasteiger partial charge in [0, 0.05) is 11.8 Å². The predicted octanol–water partition coefficient (Wildman–Crippen LogP) is 2.89. The quantitative estimate of drug-likeness (QED) is 0.864. The average Bonchev–Trinajstić information content (AvgIpc) is 2.33. The summed E-state index contributed by atoms with van der Waals surface area (Å²) in [6.07, 6.45) is 1.22. The van der Waals surface area contributed by atoms with Gasteiger partial charge in [-0.3, -0.25) is 4.98 Å². The first-order valence-corrected chi connectivity index (χ1v) is 5.04. The Morgan fingerprint density at radius 2 is 2.06 bits per heavy atom. The van der Waals surface area contributed by atoms with Crippen LogP contribution in [0, 0.1) is 12.7 Å². The van der Waals surface area contributed by atoms with Crippen LogP contribution in [-0.4, -0.2) is 16.1 Å². The normalized spacial score (nSPS) is 10.2. The van der Waals surface area contributed by atoms with Crippen molar-refractivity contribution in [2.75, 3.05) is 0 Å². The smallest absolute Gasteiger partial charge is 0.337 e. The summed E-state index contributed by atoms with van der Waals surface area (Å²) in [5.41, 5.74) is 1.42. The van der Waals surface area contributed by atoms with Crippen LogP contribution in [0.15, 0.2) is 36.5 Å². The Balaban J connectivity index is 2.47. The van der Waals surface area contributed by atoms with Crippen molar-refractivity contribution in [2.24, 2.45) is 0 Å². The minimum absolute atomic E-state index is 0.0850. The molecular weight excluding hydrogens is 221 g/mol. The molecule has 4 heteroatoms. The third-order valence-corrected chi connectivity index (χ3v) is 2.48. The van der Waals surface area contributed by atoms with E-state index in [0.717, 1.165) is 0 Å². The maximum atomic E-state index is 13.8. The molecule has 1 heterocycles. The molecule has 1 aromatic carbocycles. The number of aromatic nitrogens is 1. The number of aromatic carboxylic acids is 1. The lowest BCUT2D eigenvalue weighted by Gasteiger charge is -2.04. The molecule has 0 fully saturated rings. The summed E-state index contributed by atoms with van der Waals surface area (Å²) < 4.78 is 13.8. The van der Waals surface area contributed by atoms with E-state index in [1.54, 1.807) is 25.1 Å². The Hall–Kier alpha value is -2.23. The number of rotatable bonds is 2. The number of hydrogen-bond donors (Lipinski definition) is 1. The van der Waals surface area contributed by atoms with Crippen molar-refractivity contribution < 1.29 is 14.3 Å². The minimum atomic E-state index is -1.05. The summed E-state index contributed by atoms with van der Waals surface area (Å²) in [5.74, 6) is -1.38. The average molecular weight is 231 g/mol. The maximum Gasteiger partial charge on any atom is 0.337 e. The zero-order valence-electron chi connectivity index (χ0n) is 9.14. The van der Waals surface area contributed by atoms with Gasteiger partial charge in [0.05, 0.1) is 11.3 Å². The summed E-state index contributed by atoms with van der Waals surface area (Å²) >= 11 is 0. The van der Waals surface area contributed by atoms with E-state index < -0.39 is 5.97 Å². The lowest BCUT2D eigenvalue weighted by Crippen LogP contribution is -1.98. The van der Waals surface area contributed by atoms with Crippen molar-refractivity contribution in [2.45, 2.75) is 6.92 Å². The molecule has 0 amide bonds. The molecule has 0 spiro atoms. The molecule has 3 nitrogen and oxygen atoms in total. The number of aryl methyl sites for hydroxylation is 1. The van der Waals surface area contributed by atoms with Crippen LogP contribution in [0.2, 0.25) is 0 Å². The van der Waals surface area contributed by atoms with Gasteiger partial charge in [0.25, 0.3) is 0 Å². The molecule has 17 heavy (non-hydrogen) atoms. The molecule has 2 aromatic rings. The fourth-order valence-corrected chi connectivity index (χ4v) is 1.52. The Morgan fingerprint density at radius 1 is 1.29 bits per heavy atom. The van der Waals surface area contributed by atoms with Gasteiger partial charge in [0.1, 0.15) is 5.82 Å². The summed E-state index contributed by atoms with van der Waals surface area (Å²) in [5, 5.41) is 8.73. The molecule has 0 radical (unpaired) electrons. The first-order chi connectivity index (χ1) is 8.09. The second kappa shape index (κ2) is 4.33. The zero-order chi connectivity index (χ0) is 12.4. The van der Waals surface area contributed by atoms with Crippen molar-refractivity contribution in [3.63, 3.8) is 0 Å². The lowest BCUT2D eigenvalue weighted by molar-refractivity contribution is 0.0696. The van der Waals surface area contributed by atoms with Crippen molar-refractivity contribution >= 4 is 5.97 Å². The third-order valence-electron chi connectivity index (χ3n) is 2.48. The Kier molecular flexibility index (Phi) is 2.87. The summed E-state index contributed by atoms with van der Waals surface area (Å²) in [6.45, 7) is 1.67. The molecule has 0 aliphatic rings. The number of hydrogen-bond acceptors (Lipinski definition) is 2. The molecule has 0 saturated carbocycles. The first-order valence-electron chi connectivity index (χ1n) is 5.04. The molecule has 0 atom stereocenters. The van der Waals surface area contributed by atoms with Gasteiger partial charge >= 0.3 is 5.97 Å². The van der Waals surface area contributed by atoms with Crippen molar-refractivity contribution in [1.29, 1.82) is 0 Å². The number of benzene rings is 1. The third kappa shape index (κ3) is 2.15. The summed E-state index contributed by atoms with van der Waals surface area (Å²) in [6, 6.07) is 7.93. The highest BCUT2D eigenvalue weighted by Gasteiger charge is 2.09. The Bertz CT molecular complexity index is 564. The van der Waals surface area contributed by atoms with Crippen LogP contribution in [-0.2, 0) is 0 Å². The van der Waals surface area contributed by atoms with Gasteiger partial charge in [-0.25, -0.2) is 9.18 Å². The number of halogens is 1. The van der Waals surface area contributed by atoms with Crippen molar-refractivity contribution in [3.05, 3.63) is 53.5 Å². The van der Waals surface area contributed by atoms with Crippen LogP contribution in [0.4, 0.5) is 4.39 Å². The zero-order valence-corrected chi connectivity index (χ0v) is 9.14. The van der Waals surface area contributed by atoms with Gasteiger partial charge < -0.3 is 5.11 Å². The number of pyridine rings is 1. The first kappa shape index (κ1) is 11.3. The predicted molar refractivity (Wildman–Crippen MR) is 61.3 cm³/mol. The molecule has 1 aromatic heterocycles. The highest BCUT2D eigenvalue weighted by atomic mass is 19.1. The van der Waals surface area contributed by atoms with Crippen LogP contribution < -0.4 is 0 Å². The van der Waals surface area contributed by atoms with Gasteiger partial charge in [-0.1, -0.05) is 12.1 Å². The second-order valence-electron chi connectivity index (χ2n) is 3.67. The van der Waals surface area contributed by atoms with Gasteiger partial charge in [-0.05, 0) is 30.7 Å². The van der Waals surface area contributed by atoms with E-state index >= 15 is 0 Å². The monoisotopic (exact) mass is 231 g/mol. The van der Waals surface area contributed by atoms with Crippen LogP contribution in [0.5, 0.6) is 0 Å². The maximum absolute atomic E-state index is 13.8. The Labute approximate surface area is 97.6 Å². The van der Waals surface area contributed by atoms with E-state index in [0.29, 0.717) is 16.8 Å².